The first-order valence-corrected chi connectivity index (χ1v) is 6.82. The predicted molar refractivity (Wildman–Crippen MR) is 83.3 cm³/mol. The second-order valence-electron chi connectivity index (χ2n) is 5.84. The van der Waals surface area contributed by atoms with Crippen LogP contribution in [0.5, 0.6) is 11.5 Å². The molecule has 0 amide bonds. The van der Waals surface area contributed by atoms with Gasteiger partial charge in [0.1, 0.15) is 5.58 Å². The van der Waals surface area contributed by atoms with Crippen LogP contribution < -0.4 is 9.47 Å². The van der Waals surface area contributed by atoms with E-state index >= 15 is 0 Å². The molecular formula is C17H26O3. The predicted octanol–water partition coefficient (Wildman–Crippen LogP) is 5.48. The van der Waals surface area contributed by atoms with Gasteiger partial charge >= 0.3 is 0 Å². The molecule has 2 aromatic rings. The Kier molecular flexibility index (Phi) is 5.49. The molecule has 0 bridgehead atoms. The molecule has 1 aliphatic rings. The first-order chi connectivity index (χ1) is 8.97. The minimum atomic E-state index is -0.175. The molecule has 1 aromatic heterocycles. The normalized spacial score (nSPS) is 16.1. The average molecular weight is 278 g/mol. The molecule has 1 unspecified atom stereocenters. The van der Waals surface area contributed by atoms with Gasteiger partial charge in [0.25, 0.3) is 0 Å². The van der Waals surface area contributed by atoms with Gasteiger partial charge in [0.05, 0.1) is 6.26 Å². The molecule has 0 fully saturated rings. The fourth-order valence-corrected chi connectivity index (χ4v) is 1.70. The molecule has 20 heavy (non-hydrogen) atoms. The van der Waals surface area contributed by atoms with E-state index in [0.717, 1.165) is 28.4 Å². The molecule has 0 radical (unpaired) electrons. The van der Waals surface area contributed by atoms with Gasteiger partial charge in [0.2, 0.25) is 6.29 Å². The third-order valence-corrected chi connectivity index (χ3v) is 2.55. The highest BCUT2D eigenvalue weighted by atomic mass is 16.7. The lowest BCUT2D eigenvalue weighted by Gasteiger charge is -2.12. The van der Waals surface area contributed by atoms with Gasteiger partial charge in [-0.25, -0.2) is 0 Å². The lowest BCUT2D eigenvalue weighted by Crippen LogP contribution is -2.24. The molecule has 0 saturated heterocycles. The Bertz CT molecular complexity index is 497. The maximum absolute atomic E-state index is 5.68. The Hall–Kier alpha value is -1.64. The highest BCUT2D eigenvalue weighted by Gasteiger charge is 2.27. The summed E-state index contributed by atoms with van der Waals surface area (Å²) in [6.45, 7) is 10.6. The van der Waals surface area contributed by atoms with E-state index < -0.39 is 0 Å². The summed E-state index contributed by atoms with van der Waals surface area (Å²) in [6, 6.07) is 5.76. The van der Waals surface area contributed by atoms with Gasteiger partial charge in [0.15, 0.2) is 11.5 Å². The first kappa shape index (κ1) is 16.4. The Morgan fingerprint density at radius 2 is 1.50 bits per heavy atom. The number of furan rings is 1. The summed E-state index contributed by atoms with van der Waals surface area (Å²) in [5.74, 6) is 2.75. The minimum absolute atomic E-state index is 0. The minimum Gasteiger partial charge on any atom is -0.464 e. The highest BCUT2D eigenvalue weighted by Crippen LogP contribution is 2.39. The van der Waals surface area contributed by atoms with Gasteiger partial charge in [-0.1, -0.05) is 42.0 Å². The van der Waals surface area contributed by atoms with Crippen molar-refractivity contribution in [2.24, 2.45) is 11.8 Å². The molecule has 0 N–H and O–H groups in total. The van der Waals surface area contributed by atoms with Crippen LogP contribution in [0.25, 0.3) is 11.0 Å². The summed E-state index contributed by atoms with van der Waals surface area (Å²) in [7, 11) is 0. The van der Waals surface area contributed by atoms with Crippen LogP contribution in [0.4, 0.5) is 0 Å². The molecule has 2 heterocycles. The smallest absolute Gasteiger partial charge is 0.243 e. The van der Waals surface area contributed by atoms with Crippen molar-refractivity contribution in [3.8, 4) is 11.5 Å². The average Bonchev–Trinajstić information content (AvgIpc) is 2.88. The van der Waals surface area contributed by atoms with Crippen LogP contribution in [0.1, 0.15) is 42.0 Å². The van der Waals surface area contributed by atoms with Crippen molar-refractivity contribution in [3.05, 3.63) is 24.5 Å². The van der Waals surface area contributed by atoms with Crippen molar-refractivity contribution in [3.63, 3.8) is 0 Å². The van der Waals surface area contributed by atoms with E-state index in [9.17, 15) is 0 Å². The molecular weight excluding hydrogens is 252 g/mol. The molecule has 1 atom stereocenters. The molecule has 1 aromatic carbocycles. The second-order valence-corrected chi connectivity index (χ2v) is 5.84. The summed E-state index contributed by atoms with van der Waals surface area (Å²) in [5, 5.41) is 1.04. The topological polar surface area (TPSA) is 31.6 Å². The number of ether oxygens (including phenoxy) is 2. The second kappa shape index (κ2) is 6.69. The molecule has 1 aliphatic heterocycles. The number of rotatable bonds is 1. The zero-order chi connectivity index (χ0) is 14.0. The van der Waals surface area contributed by atoms with E-state index in [1.165, 1.54) is 0 Å². The molecule has 0 aliphatic carbocycles. The molecule has 3 heteroatoms. The number of hydrogen-bond donors (Lipinski definition) is 0. The quantitative estimate of drug-likeness (QED) is 0.691. The van der Waals surface area contributed by atoms with E-state index in [1.54, 1.807) is 6.26 Å². The Morgan fingerprint density at radius 1 is 0.950 bits per heavy atom. The maximum atomic E-state index is 5.68. The molecule has 0 saturated carbocycles. The SMILES string of the molecule is C.CC(C)C.CC(C)C1Oc2cc3ccoc3cc2O1. The van der Waals surface area contributed by atoms with Crippen LogP contribution in [-0.4, -0.2) is 6.29 Å². The van der Waals surface area contributed by atoms with Crippen molar-refractivity contribution < 1.29 is 13.9 Å². The molecule has 0 spiro atoms. The van der Waals surface area contributed by atoms with Crippen molar-refractivity contribution in [1.82, 2.24) is 0 Å². The molecule has 112 valence electrons. The van der Waals surface area contributed by atoms with Crippen LogP contribution in [-0.2, 0) is 0 Å². The molecule has 3 nitrogen and oxygen atoms in total. The third-order valence-electron chi connectivity index (χ3n) is 2.55. The Labute approximate surface area is 121 Å². The van der Waals surface area contributed by atoms with Crippen molar-refractivity contribution >= 4 is 11.0 Å². The van der Waals surface area contributed by atoms with Crippen LogP contribution >= 0.6 is 0 Å². The van der Waals surface area contributed by atoms with E-state index in [-0.39, 0.29) is 13.7 Å². The van der Waals surface area contributed by atoms with Gasteiger partial charge in [-0.15, -0.1) is 0 Å². The van der Waals surface area contributed by atoms with Crippen molar-refractivity contribution in [1.29, 1.82) is 0 Å². The number of fused-ring (bicyclic) bond motifs is 2. The summed E-state index contributed by atoms with van der Waals surface area (Å²) >= 11 is 0. The van der Waals surface area contributed by atoms with E-state index in [0.29, 0.717) is 5.92 Å². The van der Waals surface area contributed by atoms with E-state index in [2.05, 4.69) is 34.6 Å². The van der Waals surface area contributed by atoms with Crippen molar-refractivity contribution in [2.75, 3.05) is 0 Å². The summed E-state index contributed by atoms with van der Waals surface area (Å²) in [5.41, 5.74) is 0.835. The van der Waals surface area contributed by atoms with E-state index in [4.69, 9.17) is 13.9 Å². The van der Waals surface area contributed by atoms with Crippen LogP contribution in [0.15, 0.2) is 28.9 Å². The Morgan fingerprint density at radius 3 is 2.05 bits per heavy atom. The maximum Gasteiger partial charge on any atom is 0.243 e. The Balaban J connectivity index is 0.000000359. The number of hydrogen-bond acceptors (Lipinski definition) is 3. The van der Waals surface area contributed by atoms with Gasteiger partial charge in [-0.2, -0.15) is 0 Å². The van der Waals surface area contributed by atoms with Crippen LogP contribution in [0.2, 0.25) is 0 Å². The lowest BCUT2D eigenvalue weighted by molar-refractivity contribution is 0.00914. The molecule has 3 rings (SSSR count). The van der Waals surface area contributed by atoms with Gasteiger partial charge in [-0.05, 0) is 18.1 Å². The summed E-state index contributed by atoms with van der Waals surface area (Å²) in [4.78, 5) is 0. The lowest BCUT2D eigenvalue weighted by atomic mass is 10.2. The zero-order valence-corrected chi connectivity index (χ0v) is 12.3. The van der Waals surface area contributed by atoms with E-state index in [1.807, 2.05) is 18.2 Å². The van der Waals surface area contributed by atoms with Crippen molar-refractivity contribution in [2.45, 2.75) is 48.3 Å². The largest absolute Gasteiger partial charge is 0.464 e. The van der Waals surface area contributed by atoms with Crippen LogP contribution in [0, 0.1) is 11.8 Å². The first-order valence-electron chi connectivity index (χ1n) is 6.82. The van der Waals surface area contributed by atoms with Gasteiger partial charge < -0.3 is 13.9 Å². The highest BCUT2D eigenvalue weighted by molar-refractivity contribution is 5.81. The van der Waals surface area contributed by atoms with Crippen LogP contribution in [0.3, 0.4) is 0 Å². The summed E-state index contributed by atoms with van der Waals surface area (Å²) < 4.78 is 16.6. The summed E-state index contributed by atoms with van der Waals surface area (Å²) in [6.07, 6.45) is 1.49. The number of benzene rings is 1. The van der Waals surface area contributed by atoms with Gasteiger partial charge in [-0.3, -0.25) is 0 Å². The zero-order valence-electron chi connectivity index (χ0n) is 12.3. The standard InChI is InChI=1S/C12H12O3.C4H10.CH4/c1-7(2)12-14-10-5-8-3-4-13-9(8)6-11(10)15-12;1-4(2)3;/h3-7,12H,1-2H3;4H,1-3H3;1H4. The third kappa shape index (κ3) is 3.69. The fourth-order valence-electron chi connectivity index (χ4n) is 1.70. The fraction of sp³-hybridized carbons (Fsp3) is 0.529. The monoisotopic (exact) mass is 278 g/mol. The van der Waals surface area contributed by atoms with Gasteiger partial charge in [0, 0.05) is 17.4 Å².